The number of hydrogen-bond acceptors (Lipinski definition) is 6. The Kier molecular flexibility index (Phi) is 10.5. The maximum absolute atomic E-state index is 11.8. The first-order valence-electron chi connectivity index (χ1n) is 7.76. The van der Waals surface area contributed by atoms with Gasteiger partial charge in [0.25, 0.3) is 0 Å². The Bertz CT molecular complexity index is 880. The molecule has 0 saturated heterocycles. The molecule has 2 radical (unpaired) electrons. The summed E-state index contributed by atoms with van der Waals surface area (Å²) in [6, 6.07) is 15.8. The zero-order valence-corrected chi connectivity index (χ0v) is 21.2. The van der Waals surface area contributed by atoms with Crippen LogP contribution in [-0.2, 0) is 13.9 Å². The third-order valence-corrected chi connectivity index (χ3v) is 6.05. The summed E-state index contributed by atoms with van der Waals surface area (Å²) in [5, 5.41) is 11.7. The van der Waals surface area contributed by atoms with Gasteiger partial charge in [0.1, 0.15) is 12.8 Å². The van der Waals surface area contributed by atoms with Gasteiger partial charge in [-0.25, -0.2) is 4.79 Å². The zero-order chi connectivity index (χ0) is 18.7. The van der Waals surface area contributed by atoms with Crippen LogP contribution in [0, 0.1) is 0 Å². The van der Waals surface area contributed by atoms with Crippen molar-refractivity contribution in [1.29, 1.82) is 0 Å². The van der Waals surface area contributed by atoms with Crippen molar-refractivity contribution in [2.45, 2.75) is 12.1 Å². The number of fused-ring (bicyclic) bond motifs is 3. The van der Waals surface area contributed by atoms with Gasteiger partial charge >= 0.3 is 15.2 Å². The van der Waals surface area contributed by atoms with E-state index in [1.165, 1.54) is 0 Å². The van der Waals surface area contributed by atoms with E-state index < -0.39 is 27.2 Å². The monoisotopic (exact) mass is 441 g/mol. The van der Waals surface area contributed by atoms with Crippen molar-refractivity contribution in [3.05, 3.63) is 59.7 Å². The van der Waals surface area contributed by atoms with Gasteiger partial charge in [-0.15, -0.1) is 0 Å². The molecule has 1 atom stereocenters. The van der Waals surface area contributed by atoms with Crippen LogP contribution in [-0.4, -0.2) is 102 Å². The maximum Gasteiger partial charge on any atom is 0.409 e. The van der Waals surface area contributed by atoms with E-state index in [1.54, 1.807) is 0 Å². The first-order valence-corrected chi connectivity index (χ1v) is 10.7. The molecule has 0 aromatic heterocycles. The molecular formula is C17H17NNa2O6S2. The largest absolute Gasteiger partial charge is 0.448 e. The molecule has 3 N–H and O–H groups in total. The van der Waals surface area contributed by atoms with Gasteiger partial charge in [-0.3, -0.25) is 9.87 Å². The Labute approximate surface area is 211 Å². The molecule has 0 heterocycles. The van der Waals surface area contributed by atoms with Gasteiger partial charge in [-0.1, -0.05) is 48.5 Å². The Hall–Kier alpha value is -0.0700. The van der Waals surface area contributed by atoms with Gasteiger partial charge in [0, 0.05) is 75.8 Å². The molecule has 0 spiro atoms. The number of alkyl carbamates (subject to hydrolysis) is 1. The number of aliphatic hydroxyl groups is 1. The Morgan fingerprint density at radius 2 is 1.57 bits per heavy atom. The van der Waals surface area contributed by atoms with Crippen LogP contribution < -0.4 is 5.32 Å². The predicted molar refractivity (Wildman–Crippen MR) is 110 cm³/mol. The molecule has 1 amide bonds. The fourth-order valence-electron chi connectivity index (χ4n) is 2.97. The van der Waals surface area contributed by atoms with Gasteiger partial charge in [0.15, 0.2) is 0 Å². The van der Waals surface area contributed by atoms with Crippen molar-refractivity contribution < 1.29 is 27.6 Å². The molecule has 0 fully saturated rings. The number of aliphatic hydroxyl groups excluding tert-OH is 1. The van der Waals surface area contributed by atoms with Gasteiger partial charge in [-0.2, -0.15) is 8.42 Å². The van der Waals surface area contributed by atoms with Gasteiger partial charge in [-0.05, 0) is 22.3 Å². The summed E-state index contributed by atoms with van der Waals surface area (Å²) in [5.41, 5.74) is 4.32. The minimum atomic E-state index is -4.28. The number of amides is 1. The second-order valence-corrected chi connectivity index (χ2v) is 9.09. The second kappa shape index (κ2) is 11.4. The maximum atomic E-state index is 11.8. The van der Waals surface area contributed by atoms with Crippen molar-refractivity contribution in [3.8, 4) is 11.1 Å². The first kappa shape index (κ1) is 26.0. The smallest absolute Gasteiger partial charge is 0.409 e. The van der Waals surface area contributed by atoms with Crippen molar-refractivity contribution in [3.63, 3.8) is 0 Å². The standard InChI is InChI=1S/C17H17NO6S2.2Na/c19-16(10-25-26(21,22)23)18-17(20)24-9-15-13-7-3-1-5-11(13)12-6-2-4-8-14(12)15;;/h1-8,15-16,19H,9-10H2,(H,18,20)(H,21,22,23);;/t16-;;/m1../s1. The third-order valence-electron chi connectivity index (χ3n) is 4.00. The van der Waals surface area contributed by atoms with Gasteiger partial charge in [0.2, 0.25) is 0 Å². The van der Waals surface area contributed by atoms with E-state index in [-0.39, 0.29) is 82.4 Å². The molecule has 140 valence electrons. The number of ether oxygens (including phenoxy) is 1. The van der Waals surface area contributed by atoms with Crippen LogP contribution in [0.3, 0.4) is 0 Å². The molecule has 11 heteroatoms. The van der Waals surface area contributed by atoms with Gasteiger partial charge in [0.05, 0.1) is 5.75 Å². The predicted octanol–water partition coefficient (Wildman–Crippen LogP) is 1.62. The van der Waals surface area contributed by atoms with Crippen LogP contribution in [0.2, 0.25) is 0 Å². The SMILES string of the molecule is O=C(N[C@H](O)CSS(=O)(=O)O)OCC1c2ccccc2-c2ccccc21.[Na].[Na]. The summed E-state index contributed by atoms with van der Waals surface area (Å²) >= 11 is 0. The summed E-state index contributed by atoms with van der Waals surface area (Å²) in [7, 11) is -4.17. The third kappa shape index (κ3) is 6.73. The van der Waals surface area contributed by atoms with E-state index in [1.807, 2.05) is 48.5 Å². The van der Waals surface area contributed by atoms with E-state index in [4.69, 9.17) is 9.29 Å². The van der Waals surface area contributed by atoms with Crippen molar-refractivity contribution in [1.82, 2.24) is 5.32 Å². The number of nitrogens with one attached hydrogen (secondary N) is 1. The van der Waals surface area contributed by atoms with Crippen LogP contribution in [0.5, 0.6) is 0 Å². The van der Waals surface area contributed by atoms with Crippen LogP contribution in [0.15, 0.2) is 48.5 Å². The summed E-state index contributed by atoms with van der Waals surface area (Å²) in [5.74, 6) is -0.527. The number of hydrogen-bond donors (Lipinski definition) is 3. The minimum Gasteiger partial charge on any atom is -0.448 e. The quantitative estimate of drug-likeness (QED) is 0.270. The second-order valence-electron chi connectivity index (χ2n) is 5.70. The summed E-state index contributed by atoms with van der Waals surface area (Å²) in [6.07, 6.45) is -2.33. The fourth-order valence-corrected chi connectivity index (χ4v) is 4.26. The Morgan fingerprint density at radius 1 is 1.07 bits per heavy atom. The van der Waals surface area contributed by atoms with E-state index in [9.17, 15) is 18.3 Å². The molecule has 0 aliphatic heterocycles. The topological polar surface area (TPSA) is 113 Å². The van der Waals surface area contributed by atoms with E-state index in [0.717, 1.165) is 22.3 Å². The molecule has 2 aromatic carbocycles. The van der Waals surface area contributed by atoms with Crippen molar-refractivity contribution in [2.24, 2.45) is 0 Å². The van der Waals surface area contributed by atoms with E-state index >= 15 is 0 Å². The number of carbonyl (C=O) groups excluding carboxylic acids is 1. The molecular weight excluding hydrogens is 424 g/mol. The van der Waals surface area contributed by atoms with Crippen molar-refractivity contribution >= 4 is 85.2 Å². The summed E-state index contributed by atoms with van der Waals surface area (Å²) in [4.78, 5) is 11.8. The molecule has 7 nitrogen and oxygen atoms in total. The van der Waals surface area contributed by atoms with Crippen molar-refractivity contribution in [2.75, 3.05) is 12.4 Å². The number of rotatable bonds is 6. The van der Waals surface area contributed by atoms with Crippen LogP contribution in [0.4, 0.5) is 4.79 Å². The zero-order valence-electron chi connectivity index (χ0n) is 15.5. The number of benzene rings is 2. The van der Waals surface area contributed by atoms with E-state index in [0.29, 0.717) is 0 Å². The molecule has 28 heavy (non-hydrogen) atoms. The molecule has 2 aromatic rings. The molecule has 1 aliphatic carbocycles. The average molecular weight is 441 g/mol. The van der Waals surface area contributed by atoms with Crippen LogP contribution in [0.1, 0.15) is 17.0 Å². The molecule has 1 aliphatic rings. The average Bonchev–Trinajstić information content (AvgIpc) is 2.92. The minimum absolute atomic E-state index is 0. The fraction of sp³-hybridized carbons (Fsp3) is 0.235. The molecule has 0 saturated carbocycles. The normalized spacial score (nSPS) is 13.4. The summed E-state index contributed by atoms with van der Waals surface area (Å²) in [6.45, 7) is 0.0814. The van der Waals surface area contributed by atoms with Crippen LogP contribution in [0.25, 0.3) is 11.1 Å². The van der Waals surface area contributed by atoms with Gasteiger partial charge < -0.3 is 9.84 Å². The summed E-state index contributed by atoms with van der Waals surface area (Å²) < 4.78 is 35.1. The first-order chi connectivity index (χ1) is 12.3. The van der Waals surface area contributed by atoms with Crippen LogP contribution >= 0.6 is 10.8 Å². The number of carbonyl (C=O) groups is 1. The van der Waals surface area contributed by atoms with E-state index in [2.05, 4.69) is 5.32 Å². The molecule has 3 rings (SSSR count). The Morgan fingerprint density at radius 3 is 2.07 bits per heavy atom. The molecule has 0 unspecified atom stereocenters. The Balaban J connectivity index is 0.00000196. The molecule has 0 bridgehead atoms.